The fourth-order valence-corrected chi connectivity index (χ4v) is 2.61. The second kappa shape index (κ2) is 6.16. The van der Waals surface area contributed by atoms with E-state index in [1.165, 1.54) is 5.56 Å². The predicted molar refractivity (Wildman–Crippen MR) is 73.7 cm³/mol. The quantitative estimate of drug-likeness (QED) is 0.831. The van der Waals surface area contributed by atoms with Crippen LogP contribution in [-0.4, -0.2) is 36.8 Å². The van der Waals surface area contributed by atoms with E-state index in [9.17, 15) is 0 Å². The second-order valence-corrected chi connectivity index (χ2v) is 5.04. The summed E-state index contributed by atoms with van der Waals surface area (Å²) in [5.74, 6) is 1.70. The van der Waals surface area contributed by atoms with Crippen LogP contribution >= 0.6 is 0 Å². The van der Waals surface area contributed by atoms with Crippen LogP contribution in [0, 0.1) is 5.92 Å². The minimum absolute atomic E-state index is 0.292. The molecular weight excluding hydrogens is 226 g/mol. The van der Waals surface area contributed by atoms with Crippen molar-refractivity contribution in [2.45, 2.75) is 25.8 Å². The number of pyridine rings is 1. The lowest BCUT2D eigenvalue weighted by Crippen LogP contribution is -2.25. The summed E-state index contributed by atoms with van der Waals surface area (Å²) < 4.78 is 0. The van der Waals surface area contributed by atoms with Gasteiger partial charge in [-0.15, -0.1) is 0 Å². The standard InChI is InChI=1S/C14H23N3O/c1-11(15-2)13-4-3-7-16-14(13)17-8-5-12(10-17)6-9-18/h3-4,7,11-12,15,18H,5-6,8-10H2,1-2H3. The molecule has 1 saturated heterocycles. The Morgan fingerprint density at radius 2 is 2.44 bits per heavy atom. The van der Waals surface area contributed by atoms with E-state index in [1.54, 1.807) is 0 Å². The zero-order valence-corrected chi connectivity index (χ0v) is 11.3. The van der Waals surface area contributed by atoms with Crippen molar-refractivity contribution >= 4 is 5.82 Å². The summed E-state index contributed by atoms with van der Waals surface area (Å²) in [7, 11) is 1.97. The molecule has 0 amide bonds. The lowest BCUT2D eigenvalue weighted by molar-refractivity contribution is 0.263. The first kappa shape index (κ1) is 13.3. The van der Waals surface area contributed by atoms with Crippen LogP contribution < -0.4 is 10.2 Å². The maximum atomic E-state index is 9.02. The van der Waals surface area contributed by atoms with E-state index in [0.717, 1.165) is 31.7 Å². The van der Waals surface area contributed by atoms with Gasteiger partial charge in [-0.1, -0.05) is 6.07 Å². The molecule has 2 rings (SSSR count). The topological polar surface area (TPSA) is 48.4 Å². The molecule has 0 aromatic carbocycles. The average Bonchev–Trinajstić information content (AvgIpc) is 2.87. The Labute approximate surface area is 109 Å². The molecule has 2 N–H and O–H groups in total. The Kier molecular flexibility index (Phi) is 4.55. The van der Waals surface area contributed by atoms with Crippen LogP contribution in [0.5, 0.6) is 0 Å². The van der Waals surface area contributed by atoms with Gasteiger partial charge in [0.1, 0.15) is 5.82 Å². The van der Waals surface area contributed by atoms with Crippen LogP contribution in [0.3, 0.4) is 0 Å². The number of nitrogens with one attached hydrogen (secondary N) is 1. The van der Waals surface area contributed by atoms with Gasteiger partial charge in [-0.3, -0.25) is 0 Å². The summed E-state index contributed by atoms with van der Waals surface area (Å²) in [6, 6.07) is 4.45. The molecule has 1 aliphatic heterocycles. The van der Waals surface area contributed by atoms with E-state index in [1.807, 2.05) is 19.3 Å². The Morgan fingerprint density at radius 1 is 1.61 bits per heavy atom. The third kappa shape index (κ3) is 2.82. The summed E-state index contributed by atoms with van der Waals surface area (Å²) >= 11 is 0. The van der Waals surface area contributed by atoms with Gasteiger partial charge in [0, 0.05) is 37.5 Å². The Bertz CT molecular complexity index is 383. The molecule has 0 aliphatic carbocycles. The normalized spacial score (nSPS) is 21.3. The molecule has 0 radical (unpaired) electrons. The lowest BCUT2D eigenvalue weighted by Gasteiger charge is -2.23. The molecule has 1 aromatic rings. The smallest absolute Gasteiger partial charge is 0.133 e. The van der Waals surface area contributed by atoms with E-state index in [-0.39, 0.29) is 0 Å². The van der Waals surface area contributed by atoms with Gasteiger partial charge in [0.2, 0.25) is 0 Å². The Balaban J connectivity index is 2.14. The molecule has 100 valence electrons. The van der Waals surface area contributed by atoms with Crippen molar-refractivity contribution in [3.05, 3.63) is 23.9 Å². The van der Waals surface area contributed by atoms with Gasteiger partial charge in [-0.25, -0.2) is 4.98 Å². The Morgan fingerprint density at radius 3 is 3.17 bits per heavy atom. The maximum Gasteiger partial charge on any atom is 0.133 e. The number of aliphatic hydroxyl groups is 1. The van der Waals surface area contributed by atoms with Gasteiger partial charge in [0.15, 0.2) is 0 Å². The molecule has 1 aromatic heterocycles. The number of rotatable bonds is 5. The van der Waals surface area contributed by atoms with Crippen molar-refractivity contribution in [2.75, 3.05) is 31.6 Å². The van der Waals surface area contributed by atoms with E-state index < -0.39 is 0 Å². The van der Waals surface area contributed by atoms with E-state index >= 15 is 0 Å². The highest BCUT2D eigenvalue weighted by molar-refractivity contribution is 5.49. The monoisotopic (exact) mass is 249 g/mol. The minimum Gasteiger partial charge on any atom is -0.396 e. The summed E-state index contributed by atoms with van der Waals surface area (Å²) in [6.07, 6.45) is 3.92. The molecule has 4 heteroatoms. The second-order valence-electron chi connectivity index (χ2n) is 5.04. The molecule has 1 fully saturated rings. The molecule has 1 aliphatic rings. The van der Waals surface area contributed by atoms with Gasteiger partial charge >= 0.3 is 0 Å². The summed E-state index contributed by atoms with van der Waals surface area (Å²) in [5, 5.41) is 12.3. The van der Waals surface area contributed by atoms with Gasteiger partial charge in [-0.05, 0) is 38.8 Å². The van der Waals surface area contributed by atoms with Gasteiger partial charge in [0.25, 0.3) is 0 Å². The molecule has 4 nitrogen and oxygen atoms in total. The number of hydrogen-bond donors (Lipinski definition) is 2. The molecule has 2 unspecified atom stereocenters. The highest BCUT2D eigenvalue weighted by atomic mass is 16.3. The van der Waals surface area contributed by atoms with Crippen LogP contribution in [0.4, 0.5) is 5.82 Å². The van der Waals surface area contributed by atoms with Gasteiger partial charge in [-0.2, -0.15) is 0 Å². The van der Waals surface area contributed by atoms with E-state index in [2.05, 4.69) is 28.2 Å². The lowest BCUT2D eigenvalue weighted by atomic mass is 10.1. The summed E-state index contributed by atoms with van der Waals surface area (Å²) in [5.41, 5.74) is 1.25. The van der Waals surface area contributed by atoms with Gasteiger partial charge in [0.05, 0.1) is 0 Å². The maximum absolute atomic E-state index is 9.02. The number of hydrogen-bond acceptors (Lipinski definition) is 4. The molecule has 0 spiro atoms. The van der Waals surface area contributed by atoms with Crippen molar-refractivity contribution in [2.24, 2.45) is 5.92 Å². The molecule has 18 heavy (non-hydrogen) atoms. The van der Waals surface area contributed by atoms with Crippen molar-refractivity contribution in [3.63, 3.8) is 0 Å². The number of aromatic nitrogens is 1. The van der Waals surface area contributed by atoms with Crippen LogP contribution in [-0.2, 0) is 0 Å². The van der Waals surface area contributed by atoms with Crippen LogP contribution in [0.1, 0.15) is 31.4 Å². The minimum atomic E-state index is 0.292. The zero-order valence-electron chi connectivity index (χ0n) is 11.3. The third-order valence-corrected chi connectivity index (χ3v) is 3.84. The first-order valence-corrected chi connectivity index (χ1v) is 6.74. The first-order chi connectivity index (χ1) is 8.76. The fraction of sp³-hybridized carbons (Fsp3) is 0.643. The SMILES string of the molecule is CNC(C)c1cccnc1N1CCC(CCO)C1. The van der Waals surface area contributed by atoms with Crippen LogP contribution in [0.15, 0.2) is 18.3 Å². The number of nitrogens with zero attached hydrogens (tertiary/aromatic N) is 2. The van der Waals surface area contributed by atoms with Crippen LogP contribution in [0.25, 0.3) is 0 Å². The number of anilines is 1. The molecule has 0 bridgehead atoms. The molecule has 2 atom stereocenters. The van der Waals surface area contributed by atoms with E-state index in [0.29, 0.717) is 18.6 Å². The highest BCUT2D eigenvalue weighted by Crippen LogP contribution is 2.29. The van der Waals surface area contributed by atoms with Crippen LogP contribution in [0.2, 0.25) is 0 Å². The van der Waals surface area contributed by atoms with Crippen molar-refractivity contribution in [1.29, 1.82) is 0 Å². The fourth-order valence-electron chi connectivity index (χ4n) is 2.61. The largest absolute Gasteiger partial charge is 0.396 e. The number of aliphatic hydroxyl groups excluding tert-OH is 1. The van der Waals surface area contributed by atoms with E-state index in [4.69, 9.17) is 5.11 Å². The van der Waals surface area contributed by atoms with Gasteiger partial charge < -0.3 is 15.3 Å². The molecular formula is C14H23N3O. The summed E-state index contributed by atoms with van der Waals surface area (Å²) in [4.78, 5) is 6.90. The average molecular weight is 249 g/mol. The van der Waals surface area contributed by atoms with Crippen molar-refractivity contribution in [3.8, 4) is 0 Å². The Hall–Kier alpha value is -1.13. The first-order valence-electron chi connectivity index (χ1n) is 6.74. The van der Waals surface area contributed by atoms with Crippen molar-refractivity contribution < 1.29 is 5.11 Å². The highest BCUT2D eigenvalue weighted by Gasteiger charge is 2.25. The summed E-state index contributed by atoms with van der Waals surface area (Å²) in [6.45, 7) is 4.51. The zero-order chi connectivity index (χ0) is 13.0. The third-order valence-electron chi connectivity index (χ3n) is 3.84. The van der Waals surface area contributed by atoms with Crippen molar-refractivity contribution in [1.82, 2.24) is 10.3 Å². The molecule has 2 heterocycles. The molecule has 0 saturated carbocycles. The predicted octanol–water partition coefficient (Wildman–Crippen LogP) is 1.57.